The fourth-order valence-electron chi connectivity index (χ4n) is 1.55. The first-order valence-corrected chi connectivity index (χ1v) is 6.37. The van der Waals surface area contributed by atoms with Crippen molar-refractivity contribution in [3.05, 3.63) is 29.8 Å². The van der Waals surface area contributed by atoms with Crippen LogP contribution in [0.2, 0.25) is 0 Å². The van der Waals surface area contributed by atoms with Gasteiger partial charge in [0.15, 0.2) is 0 Å². The maximum absolute atomic E-state index is 9.56. The van der Waals surface area contributed by atoms with E-state index >= 15 is 0 Å². The average molecular weight is 236 g/mol. The molecule has 0 spiro atoms. The van der Waals surface area contributed by atoms with Gasteiger partial charge in [0.1, 0.15) is 5.75 Å². The fraction of sp³-hybridized carbons (Fsp3) is 0.600. The van der Waals surface area contributed by atoms with Crippen LogP contribution >= 0.6 is 0 Å². The van der Waals surface area contributed by atoms with Crippen LogP contribution in [0, 0.1) is 0 Å². The van der Waals surface area contributed by atoms with Crippen molar-refractivity contribution in [2.45, 2.75) is 52.1 Å². The Kier molecular flexibility index (Phi) is 5.01. The summed E-state index contributed by atoms with van der Waals surface area (Å²) in [6.07, 6.45) is 1.79. The second-order valence-electron chi connectivity index (χ2n) is 5.29. The Morgan fingerprint density at radius 3 is 2.29 bits per heavy atom. The molecule has 1 N–H and O–H groups in total. The number of benzene rings is 1. The summed E-state index contributed by atoms with van der Waals surface area (Å²) in [5.41, 5.74) is 0.693. The third-order valence-corrected chi connectivity index (χ3v) is 3.04. The van der Waals surface area contributed by atoms with Gasteiger partial charge in [-0.25, -0.2) is 0 Å². The minimum absolute atomic E-state index is 0.548. The summed E-state index contributed by atoms with van der Waals surface area (Å²) in [6, 6.07) is 8.25. The van der Waals surface area contributed by atoms with Crippen molar-refractivity contribution in [3.63, 3.8) is 0 Å². The Labute approximate surface area is 105 Å². The highest BCUT2D eigenvalue weighted by molar-refractivity contribution is 5.29. The summed E-state index contributed by atoms with van der Waals surface area (Å²) < 4.78 is 5.59. The Balaban J connectivity index is 2.46. The quantitative estimate of drug-likeness (QED) is 0.815. The third kappa shape index (κ3) is 5.22. The van der Waals surface area contributed by atoms with E-state index in [0.29, 0.717) is 18.9 Å². The molecule has 0 heterocycles. The van der Waals surface area contributed by atoms with Crippen molar-refractivity contribution in [1.82, 2.24) is 0 Å². The highest BCUT2D eigenvalue weighted by atomic mass is 16.5. The van der Waals surface area contributed by atoms with Crippen molar-refractivity contribution in [2.75, 3.05) is 6.61 Å². The van der Waals surface area contributed by atoms with Gasteiger partial charge < -0.3 is 9.84 Å². The SMILES string of the molecule is CCC(C)c1ccc(OCCC(C)(C)O)cc1. The first-order chi connectivity index (χ1) is 7.92. The maximum Gasteiger partial charge on any atom is 0.119 e. The van der Waals surface area contributed by atoms with Crippen molar-refractivity contribution in [1.29, 1.82) is 0 Å². The average Bonchev–Trinajstić information content (AvgIpc) is 2.27. The number of aliphatic hydroxyl groups is 1. The van der Waals surface area contributed by atoms with Gasteiger partial charge in [0.25, 0.3) is 0 Å². The molecule has 1 rings (SSSR count). The van der Waals surface area contributed by atoms with Gasteiger partial charge in [-0.15, -0.1) is 0 Å². The standard InChI is InChI=1S/C15H24O2/c1-5-12(2)13-6-8-14(9-7-13)17-11-10-15(3,4)16/h6-9,12,16H,5,10-11H2,1-4H3. The number of ether oxygens (including phenoxy) is 1. The summed E-state index contributed by atoms with van der Waals surface area (Å²) in [5, 5.41) is 9.56. The predicted molar refractivity (Wildman–Crippen MR) is 71.6 cm³/mol. The Hall–Kier alpha value is -1.02. The molecule has 17 heavy (non-hydrogen) atoms. The van der Waals surface area contributed by atoms with Gasteiger partial charge >= 0.3 is 0 Å². The molecule has 0 saturated heterocycles. The van der Waals surface area contributed by atoms with E-state index in [-0.39, 0.29) is 0 Å². The van der Waals surface area contributed by atoms with E-state index in [1.165, 1.54) is 5.56 Å². The molecule has 0 saturated carbocycles. The van der Waals surface area contributed by atoms with E-state index in [2.05, 4.69) is 26.0 Å². The molecule has 0 bridgehead atoms. The maximum atomic E-state index is 9.56. The van der Waals surface area contributed by atoms with Crippen LogP contribution in [0.25, 0.3) is 0 Å². The zero-order chi connectivity index (χ0) is 12.9. The topological polar surface area (TPSA) is 29.5 Å². The van der Waals surface area contributed by atoms with Crippen LogP contribution in [0.1, 0.15) is 52.0 Å². The van der Waals surface area contributed by atoms with Gasteiger partial charge in [0, 0.05) is 6.42 Å². The molecule has 96 valence electrons. The van der Waals surface area contributed by atoms with Crippen LogP contribution in [-0.4, -0.2) is 17.3 Å². The van der Waals surface area contributed by atoms with E-state index < -0.39 is 5.60 Å². The molecule has 1 aromatic carbocycles. The number of hydrogen-bond acceptors (Lipinski definition) is 2. The molecule has 0 aromatic heterocycles. The second kappa shape index (κ2) is 6.06. The van der Waals surface area contributed by atoms with Gasteiger partial charge in [-0.2, -0.15) is 0 Å². The van der Waals surface area contributed by atoms with Gasteiger partial charge in [-0.05, 0) is 43.9 Å². The molecule has 0 aliphatic carbocycles. The van der Waals surface area contributed by atoms with E-state index in [1.807, 2.05) is 12.1 Å². The van der Waals surface area contributed by atoms with Crippen molar-refractivity contribution in [3.8, 4) is 5.75 Å². The molecule has 0 amide bonds. The van der Waals surface area contributed by atoms with Gasteiger partial charge in [-0.3, -0.25) is 0 Å². The minimum Gasteiger partial charge on any atom is -0.493 e. The van der Waals surface area contributed by atoms with Gasteiger partial charge in [-0.1, -0.05) is 26.0 Å². The summed E-state index contributed by atoms with van der Waals surface area (Å²) in [5.74, 6) is 1.47. The molecular formula is C15H24O2. The highest BCUT2D eigenvalue weighted by Crippen LogP contribution is 2.21. The van der Waals surface area contributed by atoms with E-state index in [9.17, 15) is 5.11 Å². The van der Waals surface area contributed by atoms with Crippen LogP contribution in [0.15, 0.2) is 24.3 Å². The summed E-state index contributed by atoms with van der Waals surface area (Å²) >= 11 is 0. The molecule has 1 aromatic rings. The van der Waals surface area contributed by atoms with Gasteiger partial charge in [0.2, 0.25) is 0 Å². The lowest BCUT2D eigenvalue weighted by molar-refractivity contribution is 0.0553. The van der Waals surface area contributed by atoms with Gasteiger partial charge in [0.05, 0.1) is 12.2 Å². The van der Waals surface area contributed by atoms with Crippen LogP contribution < -0.4 is 4.74 Å². The molecule has 0 aliphatic rings. The Bertz CT molecular complexity index is 322. The molecule has 0 fully saturated rings. The Morgan fingerprint density at radius 2 is 1.82 bits per heavy atom. The van der Waals surface area contributed by atoms with Crippen LogP contribution in [-0.2, 0) is 0 Å². The zero-order valence-corrected chi connectivity index (χ0v) is 11.4. The van der Waals surface area contributed by atoms with Crippen LogP contribution in [0.4, 0.5) is 0 Å². The van der Waals surface area contributed by atoms with E-state index in [0.717, 1.165) is 12.2 Å². The molecule has 1 atom stereocenters. The van der Waals surface area contributed by atoms with E-state index in [1.54, 1.807) is 13.8 Å². The minimum atomic E-state index is -0.656. The third-order valence-electron chi connectivity index (χ3n) is 3.04. The lowest BCUT2D eigenvalue weighted by Gasteiger charge is -2.17. The second-order valence-corrected chi connectivity index (χ2v) is 5.29. The zero-order valence-electron chi connectivity index (χ0n) is 11.4. The summed E-state index contributed by atoms with van der Waals surface area (Å²) in [6.45, 7) is 8.56. The normalized spacial score (nSPS) is 13.5. The monoisotopic (exact) mass is 236 g/mol. The lowest BCUT2D eigenvalue weighted by Crippen LogP contribution is -2.21. The fourth-order valence-corrected chi connectivity index (χ4v) is 1.55. The number of hydrogen-bond donors (Lipinski definition) is 1. The summed E-state index contributed by atoms with van der Waals surface area (Å²) in [4.78, 5) is 0. The largest absolute Gasteiger partial charge is 0.493 e. The molecular weight excluding hydrogens is 212 g/mol. The molecule has 0 aliphatic heterocycles. The van der Waals surface area contributed by atoms with Crippen LogP contribution in [0.3, 0.4) is 0 Å². The van der Waals surface area contributed by atoms with E-state index in [4.69, 9.17) is 4.74 Å². The Morgan fingerprint density at radius 1 is 1.24 bits per heavy atom. The predicted octanol–water partition coefficient (Wildman–Crippen LogP) is 3.74. The van der Waals surface area contributed by atoms with Crippen molar-refractivity contribution < 1.29 is 9.84 Å². The highest BCUT2D eigenvalue weighted by Gasteiger charge is 2.12. The first-order valence-electron chi connectivity index (χ1n) is 6.37. The first kappa shape index (κ1) is 14.0. The molecule has 0 radical (unpaired) electrons. The van der Waals surface area contributed by atoms with Crippen LogP contribution in [0.5, 0.6) is 5.75 Å². The van der Waals surface area contributed by atoms with Crippen molar-refractivity contribution in [2.24, 2.45) is 0 Å². The molecule has 2 heteroatoms. The smallest absolute Gasteiger partial charge is 0.119 e. The molecule has 1 unspecified atom stereocenters. The lowest BCUT2D eigenvalue weighted by atomic mass is 9.99. The van der Waals surface area contributed by atoms with Crippen molar-refractivity contribution >= 4 is 0 Å². The number of rotatable bonds is 6. The molecule has 2 nitrogen and oxygen atoms in total. The summed E-state index contributed by atoms with van der Waals surface area (Å²) in [7, 11) is 0.